The van der Waals surface area contributed by atoms with Gasteiger partial charge in [0.05, 0.1) is 0 Å². The number of benzene rings is 1. The molecule has 1 aromatic carbocycles. The number of nitrogens with zero attached hydrogens (tertiary/aromatic N) is 1. The second kappa shape index (κ2) is 6.63. The molecule has 3 nitrogen and oxygen atoms in total. The minimum absolute atomic E-state index is 0.01000. The molecule has 0 amide bonds. The van der Waals surface area contributed by atoms with E-state index >= 15 is 0 Å². The predicted octanol–water partition coefficient (Wildman–Crippen LogP) is 2.96. The quantitative estimate of drug-likeness (QED) is 0.896. The van der Waals surface area contributed by atoms with Crippen LogP contribution in [0.1, 0.15) is 25.5 Å². The average Bonchev–Trinajstić information content (AvgIpc) is 2.43. The van der Waals surface area contributed by atoms with E-state index in [1.807, 2.05) is 18.2 Å². The topological polar surface area (TPSA) is 35.5 Å². The van der Waals surface area contributed by atoms with Crippen molar-refractivity contribution in [2.45, 2.75) is 19.9 Å². The number of hydrogen-bond donors (Lipinski definition) is 2. The minimum Gasteiger partial charge on any atom is -0.396 e. The molecule has 2 rings (SSSR count). The van der Waals surface area contributed by atoms with Crippen molar-refractivity contribution >= 4 is 23.2 Å². The number of nitrogens with one attached hydrogen (secondary N) is 1. The maximum Gasteiger partial charge on any atom is 0.0500 e. The molecule has 0 radical (unpaired) electrons. The molecule has 1 saturated heterocycles. The van der Waals surface area contributed by atoms with Gasteiger partial charge in [0.15, 0.2) is 0 Å². The SMILES string of the molecule is CC(C)(CO)[C@H](c1c(Cl)cccc1Cl)N1CCNCC1. The lowest BCUT2D eigenvalue weighted by molar-refractivity contribution is 0.0306. The van der Waals surface area contributed by atoms with Gasteiger partial charge < -0.3 is 10.4 Å². The molecule has 1 heterocycles. The molecule has 0 aliphatic carbocycles. The van der Waals surface area contributed by atoms with Gasteiger partial charge in [0.25, 0.3) is 0 Å². The molecule has 5 heteroatoms. The van der Waals surface area contributed by atoms with Crippen LogP contribution in [0.15, 0.2) is 18.2 Å². The van der Waals surface area contributed by atoms with Gasteiger partial charge in [-0.25, -0.2) is 0 Å². The highest BCUT2D eigenvalue weighted by atomic mass is 35.5. The summed E-state index contributed by atoms with van der Waals surface area (Å²) < 4.78 is 0. The number of hydrogen-bond acceptors (Lipinski definition) is 3. The van der Waals surface area contributed by atoms with Crippen LogP contribution in [-0.2, 0) is 0 Å². The molecule has 1 atom stereocenters. The summed E-state index contributed by atoms with van der Waals surface area (Å²) in [7, 11) is 0. The van der Waals surface area contributed by atoms with Gasteiger partial charge in [0.1, 0.15) is 0 Å². The molecule has 0 saturated carbocycles. The molecule has 112 valence electrons. The standard InChI is InChI=1S/C15H22Cl2N2O/c1-15(2,10-20)14(19-8-6-18-7-9-19)13-11(16)4-3-5-12(13)17/h3-5,14,18,20H,6-10H2,1-2H3/t14-/m0/s1. The summed E-state index contributed by atoms with van der Waals surface area (Å²) in [6.45, 7) is 7.94. The van der Waals surface area contributed by atoms with Crippen LogP contribution in [0.25, 0.3) is 0 Å². The van der Waals surface area contributed by atoms with E-state index in [0.717, 1.165) is 31.7 Å². The summed E-state index contributed by atoms with van der Waals surface area (Å²) in [5.74, 6) is 0. The Kier molecular flexibility index (Phi) is 5.32. The van der Waals surface area contributed by atoms with Gasteiger partial charge >= 0.3 is 0 Å². The third-order valence-corrected chi connectivity index (χ3v) is 4.60. The van der Waals surface area contributed by atoms with Crippen molar-refractivity contribution in [2.24, 2.45) is 5.41 Å². The normalized spacial score (nSPS) is 19.1. The Bertz CT molecular complexity index is 439. The van der Waals surface area contributed by atoms with E-state index in [4.69, 9.17) is 23.2 Å². The molecule has 20 heavy (non-hydrogen) atoms. The van der Waals surface area contributed by atoms with Crippen molar-refractivity contribution in [3.8, 4) is 0 Å². The second-order valence-corrected chi connectivity index (χ2v) is 6.78. The maximum absolute atomic E-state index is 9.81. The van der Waals surface area contributed by atoms with Crippen LogP contribution in [0.2, 0.25) is 10.0 Å². The van der Waals surface area contributed by atoms with Crippen molar-refractivity contribution in [3.63, 3.8) is 0 Å². The molecule has 1 aromatic rings. The Morgan fingerprint density at radius 2 is 1.80 bits per heavy atom. The Morgan fingerprint density at radius 1 is 1.25 bits per heavy atom. The number of rotatable bonds is 4. The third kappa shape index (κ3) is 3.29. The van der Waals surface area contributed by atoms with Crippen LogP contribution in [0.4, 0.5) is 0 Å². The zero-order valence-corrected chi connectivity index (χ0v) is 13.5. The molecule has 0 aromatic heterocycles. The third-order valence-electron chi connectivity index (χ3n) is 3.94. The van der Waals surface area contributed by atoms with Crippen LogP contribution in [0, 0.1) is 5.41 Å². The highest BCUT2D eigenvalue weighted by Crippen LogP contribution is 2.44. The maximum atomic E-state index is 9.81. The number of piperazine rings is 1. The highest BCUT2D eigenvalue weighted by Gasteiger charge is 2.37. The van der Waals surface area contributed by atoms with Gasteiger partial charge in [-0.1, -0.05) is 43.1 Å². The summed E-state index contributed by atoms with van der Waals surface area (Å²) in [5, 5.41) is 14.5. The average molecular weight is 317 g/mol. The van der Waals surface area contributed by atoms with Gasteiger partial charge in [-0.2, -0.15) is 0 Å². The first-order valence-corrected chi connectivity index (χ1v) is 7.72. The molecule has 1 fully saturated rings. The van der Waals surface area contributed by atoms with Crippen molar-refractivity contribution in [1.82, 2.24) is 10.2 Å². The summed E-state index contributed by atoms with van der Waals surface area (Å²) in [4.78, 5) is 2.36. The summed E-state index contributed by atoms with van der Waals surface area (Å²) in [6.07, 6.45) is 0. The largest absolute Gasteiger partial charge is 0.396 e. The smallest absolute Gasteiger partial charge is 0.0500 e. The van der Waals surface area contributed by atoms with E-state index in [1.165, 1.54) is 0 Å². The lowest BCUT2D eigenvalue weighted by atomic mass is 9.79. The number of aliphatic hydroxyl groups is 1. The fourth-order valence-electron chi connectivity index (χ4n) is 2.87. The first kappa shape index (κ1) is 16.1. The fourth-order valence-corrected chi connectivity index (χ4v) is 3.47. The summed E-state index contributed by atoms with van der Waals surface area (Å²) in [6, 6.07) is 5.60. The molecule has 1 aliphatic heterocycles. The van der Waals surface area contributed by atoms with E-state index < -0.39 is 0 Å². The molecule has 0 bridgehead atoms. The predicted molar refractivity (Wildman–Crippen MR) is 84.5 cm³/mol. The van der Waals surface area contributed by atoms with Crippen molar-refractivity contribution in [3.05, 3.63) is 33.8 Å². The zero-order valence-electron chi connectivity index (χ0n) is 12.0. The molecule has 1 aliphatic rings. The highest BCUT2D eigenvalue weighted by molar-refractivity contribution is 6.36. The minimum atomic E-state index is -0.314. The van der Waals surface area contributed by atoms with Crippen molar-refractivity contribution in [2.75, 3.05) is 32.8 Å². The van der Waals surface area contributed by atoms with Gasteiger partial charge in [-0.3, -0.25) is 4.90 Å². The van der Waals surface area contributed by atoms with E-state index in [9.17, 15) is 5.11 Å². The molecular formula is C15H22Cl2N2O. The first-order valence-electron chi connectivity index (χ1n) is 6.97. The van der Waals surface area contributed by atoms with Gasteiger partial charge in [-0.15, -0.1) is 0 Å². The van der Waals surface area contributed by atoms with E-state index in [1.54, 1.807) is 0 Å². The lowest BCUT2D eigenvalue weighted by Crippen LogP contribution is -2.49. The van der Waals surface area contributed by atoms with Gasteiger partial charge in [-0.05, 0) is 12.1 Å². The number of halogens is 2. The van der Waals surface area contributed by atoms with Gasteiger partial charge in [0.2, 0.25) is 0 Å². The monoisotopic (exact) mass is 316 g/mol. The van der Waals surface area contributed by atoms with Gasteiger partial charge in [0, 0.05) is 59.9 Å². The van der Waals surface area contributed by atoms with Crippen LogP contribution in [0.5, 0.6) is 0 Å². The summed E-state index contributed by atoms with van der Waals surface area (Å²) >= 11 is 12.8. The fraction of sp³-hybridized carbons (Fsp3) is 0.600. The molecule has 0 unspecified atom stereocenters. The van der Waals surface area contributed by atoms with Crippen LogP contribution in [0.3, 0.4) is 0 Å². The van der Waals surface area contributed by atoms with Crippen LogP contribution < -0.4 is 5.32 Å². The zero-order chi connectivity index (χ0) is 14.8. The molecular weight excluding hydrogens is 295 g/mol. The number of aliphatic hydroxyl groups excluding tert-OH is 1. The Labute approximate surface area is 130 Å². The van der Waals surface area contributed by atoms with Crippen molar-refractivity contribution < 1.29 is 5.11 Å². The second-order valence-electron chi connectivity index (χ2n) is 5.97. The van der Waals surface area contributed by atoms with E-state index in [2.05, 4.69) is 24.1 Å². The van der Waals surface area contributed by atoms with Crippen molar-refractivity contribution in [1.29, 1.82) is 0 Å². The first-order chi connectivity index (χ1) is 9.47. The lowest BCUT2D eigenvalue weighted by Gasteiger charge is -2.44. The Balaban J connectivity index is 2.45. The van der Waals surface area contributed by atoms with Crippen LogP contribution in [-0.4, -0.2) is 42.8 Å². The van der Waals surface area contributed by atoms with E-state index in [-0.39, 0.29) is 18.1 Å². The Morgan fingerprint density at radius 3 is 2.30 bits per heavy atom. The molecule has 0 spiro atoms. The Hall–Kier alpha value is -0.320. The summed E-state index contributed by atoms with van der Waals surface area (Å²) in [5.41, 5.74) is 0.614. The van der Waals surface area contributed by atoms with Crippen LogP contribution >= 0.6 is 23.2 Å². The van der Waals surface area contributed by atoms with E-state index in [0.29, 0.717) is 10.0 Å². The molecule has 2 N–H and O–H groups in total.